The third kappa shape index (κ3) is 5.66. The maximum absolute atomic E-state index is 11.7. The third-order valence-corrected chi connectivity index (χ3v) is 5.14. The lowest BCUT2D eigenvalue weighted by atomic mass is 10.2. The molecule has 0 aliphatic carbocycles. The molecule has 1 heterocycles. The van der Waals surface area contributed by atoms with E-state index < -0.39 is 37.1 Å². The summed E-state index contributed by atoms with van der Waals surface area (Å²) in [5.41, 5.74) is 0.455. The first kappa shape index (κ1) is 16.6. The number of nitrogens with zero attached hydrogens (tertiary/aromatic N) is 1. The van der Waals surface area contributed by atoms with E-state index in [0.29, 0.717) is 0 Å². The zero-order valence-corrected chi connectivity index (χ0v) is 12.7. The Morgan fingerprint density at radius 1 is 1.20 bits per heavy atom. The molecule has 0 fully saturated rings. The summed E-state index contributed by atoms with van der Waals surface area (Å²) >= 11 is 0. The Balaban J connectivity index is 2.75. The minimum atomic E-state index is -3.56. The monoisotopic (exact) mass is 321 g/mol. The van der Waals surface area contributed by atoms with Gasteiger partial charge < -0.3 is 4.74 Å². The Morgan fingerprint density at radius 2 is 1.85 bits per heavy atom. The maximum Gasteiger partial charge on any atom is 0.339 e. The second kappa shape index (κ2) is 6.31. The molecule has 20 heavy (non-hydrogen) atoms. The first-order chi connectivity index (χ1) is 9.13. The smallest absolute Gasteiger partial charge is 0.339 e. The van der Waals surface area contributed by atoms with Crippen molar-refractivity contribution in [2.24, 2.45) is 0 Å². The molecule has 1 aromatic heterocycles. The Morgan fingerprint density at radius 3 is 2.30 bits per heavy atom. The highest BCUT2D eigenvalue weighted by Gasteiger charge is 2.16. The molecular formula is C11H15NO6S2. The molecule has 0 aliphatic heterocycles. The Bertz CT molecular complexity index is 676. The molecule has 0 bridgehead atoms. The predicted molar refractivity (Wildman–Crippen MR) is 72.8 cm³/mol. The summed E-state index contributed by atoms with van der Waals surface area (Å²) in [6.07, 6.45) is 2.19. The summed E-state index contributed by atoms with van der Waals surface area (Å²) in [7, 11) is -5.67. The van der Waals surface area contributed by atoms with Gasteiger partial charge in [-0.1, -0.05) is 0 Å². The molecule has 0 saturated carbocycles. The lowest BCUT2D eigenvalue weighted by Gasteiger charge is -2.04. The van der Waals surface area contributed by atoms with Crippen LogP contribution in [0.5, 0.6) is 0 Å². The summed E-state index contributed by atoms with van der Waals surface area (Å²) in [5, 5.41) is 0. The normalized spacial score (nSPS) is 12.1. The van der Waals surface area contributed by atoms with E-state index in [1.807, 2.05) is 0 Å². The molecule has 7 nitrogen and oxygen atoms in total. The molecule has 0 aliphatic rings. The van der Waals surface area contributed by atoms with Crippen LogP contribution in [0.1, 0.15) is 16.1 Å². The van der Waals surface area contributed by atoms with Crippen LogP contribution in [-0.4, -0.2) is 52.7 Å². The Kier molecular flexibility index (Phi) is 5.23. The number of hydrogen-bond donors (Lipinski definition) is 0. The van der Waals surface area contributed by atoms with Crippen molar-refractivity contribution in [3.63, 3.8) is 0 Å². The highest BCUT2D eigenvalue weighted by Crippen LogP contribution is 2.07. The minimum Gasteiger partial charge on any atom is -0.465 e. The van der Waals surface area contributed by atoms with Crippen LogP contribution >= 0.6 is 0 Å². The number of sulfone groups is 2. The summed E-state index contributed by atoms with van der Waals surface area (Å²) in [6, 6.07) is 2.80. The molecule has 0 amide bonds. The van der Waals surface area contributed by atoms with E-state index in [9.17, 15) is 21.6 Å². The molecule has 0 spiro atoms. The van der Waals surface area contributed by atoms with Gasteiger partial charge in [0.2, 0.25) is 0 Å². The lowest BCUT2D eigenvalue weighted by molar-refractivity contribution is 0.0600. The van der Waals surface area contributed by atoms with Gasteiger partial charge in [0.25, 0.3) is 0 Å². The van der Waals surface area contributed by atoms with Crippen molar-refractivity contribution in [2.45, 2.75) is 5.75 Å². The van der Waals surface area contributed by atoms with Gasteiger partial charge in [-0.25, -0.2) is 21.6 Å². The average molecular weight is 321 g/mol. The zero-order chi connectivity index (χ0) is 15.4. The summed E-state index contributed by atoms with van der Waals surface area (Å²) in [5.74, 6) is -1.81. The number of carbonyl (C=O) groups is 1. The van der Waals surface area contributed by atoms with Crippen molar-refractivity contribution in [1.29, 1.82) is 0 Å². The number of hydrogen-bond acceptors (Lipinski definition) is 7. The minimum absolute atomic E-state index is 0.213. The molecule has 0 unspecified atom stereocenters. The van der Waals surface area contributed by atoms with Crippen molar-refractivity contribution < 1.29 is 26.4 Å². The molecular weight excluding hydrogens is 306 g/mol. The molecule has 0 saturated heterocycles. The number of ether oxygens (including phenoxy) is 1. The summed E-state index contributed by atoms with van der Waals surface area (Å²) in [4.78, 5) is 15.0. The second-order valence-corrected chi connectivity index (χ2v) is 8.70. The van der Waals surface area contributed by atoms with Gasteiger partial charge in [0.15, 0.2) is 9.84 Å². The number of esters is 1. The largest absolute Gasteiger partial charge is 0.465 e. The summed E-state index contributed by atoms with van der Waals surface area (Å²) < 4.78 is 49.8. The van der Waals surface area contributed by atoms with Crippen LogP contribution in [0.4, 0.5) is 0 Å². The first-order valence-electron chi connectivity index (χ1n) is 5.54. The molecule has 0 aromatic carbocycles. The topological polar surface area (TPSA) is 107 Å². The molecule has 112 valence electrons. The second-order valence-electron chi connectivity index (χ2n) is 4.25. The number of pyridine rings is 1. The van der Waals surface area contributed by atoms with E-state index in [2.05, 4.69) is 9.72 Å². The average Bonchev–Trinajstić information content (AvgIpc) is 2.35. The van der Waals surface area contributed by atoms with Crippen molar-refractivity contribution in [1.82, 2.24) is 4.98 Å². The molecule has 0 N–H and O–H groups in total. The predicted octanol–water partition coefficient (Wildman–Crippen LogP) is -0.172. The van der Waals surface area contributed by atoms with Gasteiger partial charge >= 0.3 is 5.97 Å². The van der Waals surface area contributed by atoms with Crippen LogP contribution in [0, 0.1) is 0 Å². The molecule has 9 heteroatoms. The SMILES string of the molecule is COC(=O)c1ccc(CS(=O)(=O)CCS(C)(=O)=O)nc1. The Labute approximate surface area is 117 Å². The quantitative estimate of drug-likeness (QED) is 0.669. The van der Waals surface area contributed by atoms with Crippen molar-refractivity contribution >= 4 is 25.6 Å². The first-order valence-corrected chi connectivity index (χ1v) is 9.42. The fourth-order valence-electron chi connectivity index (χ4n) is 1.32. The number of rotatable bonds is 6. The highest BCUT2D eigenvalue weighted by molar-refractivity contribution is 7.94. The maximum atomic E-state index is 11.7. The van der Waals surface area contributed by atoms with Gasteiger partial charge in [0.05, 0.1) is 35.6 Å². The van der Waals surface area contributed by atoms with Gasteiger partial charge in [-0.05, 0) is 12.1 Å². The Hall–Kier alpha value is -1.48. The third-order valence-electron chi connectivity index (χ3n) is 2.38. The van der Waals surface area contributed by atoms with Gasteiger partial charge in [0.1, 0.15) is 9.84 Å². The zero-order valence-electron chi connectivity index (χ0n) is 11.1. The summed E-state index contributed by atoms with van der Waals surface area (Å²) in [6.45, 7) is 0. The number of methoxy groups -OCH3 is 1. The number of carbonyl (C=O) groups excluding carboxylic acids is 1. The van der Waals surface area contributed by atoms with Crippen molar-refractivity contribution in [3.05, 3.63) is 29.6 Å². The van der Waals surface area contributed by atoms with Crippen LogP contribution in [0.25, 0.3) is 0 Å². The highest BCUT2D eigenvalue weighted by atomic mass is 32.2. The van der Waals surface area contributed by atoms with Crippen LogP contribution in [0.3, 0.4) is 0 Å². The van der Waals surface area contributed by atoms with Gasteiger partial charge in [-0.2, -0.15) is 0 Å². The van der Waals surface area contributed by atoms with Gasteiger partial charge in [-0.15, -0.1) is 0 Å². The van der Waals surface area contributed by atoms with Gasteiger partial charge in [-0.3, -0.25) is 4.98 Å². The van der Waals surface area contributed by atoms with E-state index in [1.54, 1.807) is 0 Å². The van der Waals surface area contributed by atoms with E-state index >= 15 is 0 Å². The van der Waals surface area contributed by atoms with E-state index in [0.717, 1.165) is 6.26 Å². The van der Waals surface area contributed by atoms with Crippen molar-refractivity contribution in [2.75, 3.05) is 24.9 Å². The van der Waals surface area contributed by atoms with E-state index in [-0.39, 0.29) is 17.0 Å². The van der Waals surface area contributed by atoms with E-state index in [1.165, 1.54) is 25.4 Å². The fourth-order valence-corrected chi connectivity index (χ4v) is 4.32. The van der Waals surface area contributed by atoms with Crippen LogP contribution in [0.2, 0.25) is 0 Å². The molecule has 1 rings (SSSR count). The van der Waals surface area contributed by atoms with Crippen LogP contribution in [-0.2, 0) is 30.2 Å². The molecule has 0 atom stereocenters. The van der Waals surface area contributed by atoms with Gasteiger partial charge in [0, 0.05) is 12.5 Å². The fraction of sp³-hybridized carbons (Fsp3) is 0.455. The van der Waals surface area contributed by atoms with E-state index in [4.69, 9.17) is 0 Å². The van der Waals surface area contributed by atoms with Crippen molar-refractivity contribution in [3.8, 4) is 0 Å². The lowest BCUT2D eigenvalue weighted by Crippen LogP contribution is -2.18. The van der Waals surface area contributed by atoms with Crippen LogP contribution < -0.4 is 0 Å². The molecule has 1 aromatic rings. The molecule has 0 radical (unpaired) electrons. The number of aromatic nitrogens is 1. The van der Waals surface area contributed by atoms with Crippen LogP contribution in [0.15, 0.2) is 18.3 Å². The standard InChI is InChI=1S/C11H15NO6S2/c1-18-11(13)9-3-4-10(12-7-9)8-20(16,17)6-5-19(2,14)15/h3-4,7H,5-6,8H2,1-2H3.